The van der Waals surface area contributed by atoms with Crippen LogP contribution in [0.4, 0.5) is 5.69 Å². The van der Waals surface area contributed by atoms with E-state index in [0.717, 1.165) is 29.9 Å². The Morgan fingerprint density at radius 2 is 1.88 bits per heavy atom. The second-order valence-electron chi connectivity index (χ2n) is 5.32. The van der Waals surface area contributed by atoms with E-state index in [1.54, 1.807) is 0 Å². The summed E-state index contributed by atoms with van der Waals surface area (Å²) < 4.78 is 10.9. The Hall–Kier alpha value is -1.38. The van der Waals surface area contributed by atoms with E-state index in [-0.39, 0.29) is 0 Å². The van der Waals surface area contributed by atoms with Crippen molar-refractivity contribution in [2.24, 2.45) is 5.92 Å². The number of fused-ring (bicyclic) bond motifs is 4. The van der Waals surface area contributed by atoms with Crippen LogP contribution >= 0.6 is 0 Å². The molecule has 0 saturated heterocycles. The molecule has 2 heterocycles. The number of ether oxygens (including phenoxy) is 2. The summed E-state index contributed by atoms with van der Waals surface area (Å²) in [4.78, 5) is 0. The van der Waals surface area contributed by atoms with Crippen molar-refractivity contribution in [3.8, 4) is 11.5 Å². The van der Waals surface area contributed by atoms with Crippen LogP contribution < -0.4 is 14.8 Å². The second-order valence-corrected chi connectivity index (χ2v) is 5.32. The first-order valence-electron chi connectivity index (χ1n) is 6.59. The van der Waals surface area contributed by atoms with Crippen molar-refractivity contribution in [2.75, 3.05) is 18.7 Å². The number of benzene rings is 1. The van der Waals surface area contributed by atoms with Crippen LogP contribution in [0.1, 0.15) is 37.2 Å². The van der Waals surface area contributed by atoms with E-state index in [0.29, 0.717) is 6.79 Å². The van der Waals surface area contributed by atoms with Crippen molar-refractivity contribution in [1.29, 1.82) is 0 Å². The minimum absolute atomic E-state index is 0.367. The number of hydrogen-bond donors (Lipinski definition) is 1. The fourth-order valence-corrected chi connectivity index (χ4v) is 3.52. The molecule has 90 valence electrons. The summed E-state index contributed by atoms with van der Waals surface area (Å²) >= 11 is 0. The largest absolute Gasteiger partial charge is 0.454 e. The Balaban J connectivity index is 1.79. The van der Waals surface area contributed by atoms with Gasteiger partial charge < -0.3 is 14.8 Å². The van der Waals surface area contributed by atoms with Gasteiger partial charge in [-0.25, -0.2) is 0 Å². The van der Waals surface area contributed by atoms with Crippen LogP contribution in [-0.4, -0.2) is 13.3 Å². The summed E-state index contributed by atoms with van der Waals surface area (Å²) in [5, 5.41) is 3.56. The third-order valence-electron chi connectivity index (χ3n) is 4.41. The molecule has 1 fully saturated rings. The van der Waals surface area contributed by atoms with Crippen molar-refractivity contribution >= 4 is 5.69 Å². The van der Waals surface area contributed by atoms with E-state index in [4.69, 9.17) is 9.47 Å². The molecule has 3 heteroatoms. The van der Waals surface area contributed by atoms with E-state index in [1.807, 2.05) is 0 Å². The highest BCUT2D eigenvalue weighted by molar-refractivity contribution is 5.64. The number of hydrogen-bond acceptors (Lipinski definition) is 3. The Morgan fingerprint density at radius 3 is 2.82 bits per heavy atom. The van der Waals surface area contributed by atoms with Crippen LogP contribution in [0.3, 0.4) is 0 Å². The predicted molar refractivity (Wildman–Crippen MR) is 65.8 cm³/mol. The molecule has 1 aromatic carbocycles. The predicted octanol–water partition coefficient (Wildman–Crippen LogP) is 3.11. The number of rotatable bonds is 0. The van der Waals surface area contributed by atoms with Gasteiger partial charge in [0.1, 0.15) is 0 Å². The average molecular weight is 231 g/mol. The first kappa shape index (κ1) is 9.63. The Labute approximate surface area is 101 Å². The van der Waals surface area contributed by atoms with Gasteiger partial charge in [0.2, 0.25) is 6.79 Å². The summed E-state index contributed by atoms with van der Waals surface area (Å²) in [5.74, 6) is 3.37. The van der Waals surface area contributed by atoms with Crippen molar-refractivity contribution in [3.63, 3.8) is 0 Å². The Kier molecular flexibility index (Phi) is 2.01. The maximum Gasteiger partial charge on any atom is 0.231 e. The molecule has 0 aromatic heterocycles. The Bertz CT molecular complexity index is 458. The SMILES string of the molecule is c1c2c(cc3c1OCO3)C1CCCCC1CN2. The summed E-state index contributed by atoms with van der Waals surface area (Å²) in [6.07, 6.45) is 5.46. The summed E-state index contributed by atoms with van der Waals surface area (Å²) in [7, 11) is 0. The standard InChI is InChI=1S/C14H17NO2/c1-2-4-10-9(3-1)7-15-12-6-14-13(5-11(10)12)16-8-17-14/h5-6,9-10,15H,1-4,7-8H2. The van der Waals surface area contributed by atoms with Crippen LogP contribution in [-0.2, 0) is 0 Å². The minimum Gasteiger partial charge on any atom is -0.454 e. The van der Waals surface area contributed by atoms with Gasteiger partial charge in [0.25, 0.3) is 0 Å². The van der Waals surface area contributed by atoms with Gasteiger partial charge in [0.05, 0.1) is 0 Å². The molecule has 2 aliphatic heterocycles. The lowest BCUT2D eigenvalue weighted by Crippen LogP contribution is -2.30. The maximum absolute atomic E-state index is 5.49. The van der Waals surface area contributed by atoms with Gasteiger partial charge in [-0.05, 0) is 36.3 Å². The molecule has 0 bridgehead atoms. The van der Waals surface area contributed by atoms with Crippen LogP contribution in [0, 0.1) is 5.92 Å². The molecule has 1 aliphatic carbocycles. The lowest BCUT2D eigenvalue weighted by molar-refractivity contribution is 0.174. The van der Waals surface area contributed by atoms with Crippen molar-refractivity contribution < 1.29 is 9.47 Å². The molecule has 1 N–H and O–H groups in total. The normalized spacial score (nSPS) is 29.2. The van der Waals surface area contributed by atoms with E-state index < -0.39 is 0 Å². The smallest absolute Gasteiger partial charge is 0.231 e. The van der Waals surface area contributed by atoms with E-state index in [2.05, 4.69) is 17.4 Å². The first-order valence-corrected chi connectivity index (χ1v) is 6.59. The zero-order valence-corrected chi connectivity index (χ0v) is 9.87. The molecule has 17 heavy (non-hydrogen) atoms. The summed E-state index contributed by atoms with van der Waals surface area (Å²) in [6.45, 7) is 1.49. The second kappa shape index (κ2) is 3.56. The van der Waals surface area contributed by atoms with E-state index in [1.165, 1.54) is 36.9 Å². The number of anilines is 1. The van der Waals surface area contributed by atoms with Crippen molar-refractivity contribution in [2.45, 2.75) is 31.6 Å². The molecule has 0 radical (unpaired) electrons. The molecule has 2 atom stereocenters. The van der Waals surface area contributed by atoms with Crippen LogP contribution in [0.25, 0.3) is 0 Å². The average Bonchev–Trinajstić information content (AvgIpc) is 2.83. The highest BCUT2D eigenvalue weighted by atomic mass is 16.7. The minimum atomic E-state index is 0.367. The summed E-state index contributed by atoms with van der Waals surface area (Å²) in [6, 6.07) is 4.31. The van der Waals surface area contributed by atoms with E-state index >= 15 is 0 Å². The summed E-state index contributed by atoms with van der Waals surface area (Å²) in [5.41, 5.74) is 2.71. The molecule has 2 unspecified atom stereocenters. The fourth-order valence-electron chi connectivity index (χ4n) is 3.52. The highest BCUT2D eigenvalue weighted by Gasteiger charge is 2.33. The van der Waals surface area contributed by atoms with Crippen molar-refractivity contribution in [1.82, 2.24) is 0 Å². The lowest BCUT2D eigenvalue weighted by atomic mass is 9.73. The number of nitrogens with one attached hydrogen (secondary N) is 1. The Morgan fingerprint density at radius 1 is 1.06 bits per heavy atom. The molecular formula is C14H17NO2. The highest BCUT2D eigenvalue weighted by Crippen LogP contribution is 2.48. The van der Waals surface area contributed by atoms with Gasteiger partial charge in [0, 0.05) is 18.3 Å². The van der Waals surface area contributed by atoms with Gasteiger partial charge in [-0.1, -0.05) is 12.8 Å². The third-order valence-corrected chi connectivity index (χ3v) is 4.41. The zero-order valence-electron chi connectivity index (χ0n) is 9.87. The molecule has 1 saturated carbocycles. The van der Waals surface area contributed by atoms with Crippen molar-refractivity contribution in [3.05, 3.63) is 17.7 Å². The quantitative estimate of drug-likeness (QED) is 0.744. The maximum atomic E-state index is 5.49. The molecule has 0 spiro atoms. The van der Waals surface area contributed by atoms with Crippen LogP contribution in [0.5, 0.6) is 11.5 Å². The monoisotopic (exact) mass is 231 g/mol. The van der Waals surface area contributed by atoms with Gasteiger partial charge in [-0.3, -0.25) is 0 Å². The van der Waals surface area contributed by atoms with Gasteiger partial charge in [-0.2, -0.15) is 0 Å². The topological polar surface area (TPSA) is 30.5 Å². The van der Waals surface area contributed by atoms with Gasteiger partial charge >= 0.3 is 0 Å². The first-order chi connectivity index (χ1) is 8.42. The molecule has 3 nitrogen and oxygen atoms in total. The zero-order chi connectivity index (χ0) is 11.2. The van der Waals surface area contributed by atoms with E-state index in [9.17, 15) is 0 Å². The molecular weight excluding hydrogens is 214 g/mol. The van der Waals surface area contributed by atoms with Gasteiger partial charge in [-0.15, -0.1) is 0 Å². The fraction of sp³-hybridized carbons (Fsp3) is 0.571. The third kappa shape index (κ3) is 1.41. The van der Waals surface area contributed by atoms with Crippen LogP contribution in [0.2, 0.25) is 0 Å². The molecule has 3 aliphatic rings. The van der Waals surface area contributed by atoms with Crippen LogP contribution in [0.15, 0.2) is 12.1 Å². The molecule has 4 rings (SSSR count). The molecule has 0 amide bonds. The van der Waals surface area contributed by atoms with Gasteiger partial charge in [0.15, 0.2) is 11.5 Å². The lowest BCUT2D eigenvalue weighted by Gasteiger charge is -2.37. The molecule has 1 aromatic rings.